The van der Waals surface area contributed by atoms with Gasteiger partial charge in [-0.3, -0.25) is 0 Å². The summed E-state index contributed by atoms with van der Waals surface area (Å²) in [5.41, 5.74) is 0.644. The SMILES string of the molecule is CCOCCCNCC1(C(C)C)CC1. The normalized spacial score (nSPS) is 18.9. The summed E-state index contributed by atoms with van der Waals surface area (Å²) in [5, 5.41) is 3.55. The zero-order valence-corrected chi connectivity index (χ0v) is 9.94. The molecule has 0 amide bonds. The number of nitrogens with one attached hydrogen (secondary N) is 1. The van der Waals surface area contributed by atoms with Crippen molar-refractivity contribution in [2.75, 3.05) is 26.3 Å². The Balaban J connectivity index is 1.94. The minimum Gasteiger partial charge on any atom is -0.382 e. The molecule has 1 N–H and O–H groups in total. The van der Waals surface area contributed by atoms with Crippen molar-refractivity contribution in [1.29, 1.82) is 0 Å². The maximum Gasteiger partial charge on any atom is 0.0477 e. The van der Waals surface area contributed by atoms with Crippen molar-refractivity contribution in [2.45, 2.75) is 40.0 Å². The lowest BCUT2D eigenvalue weighted by molar-refractivity contribution is 0.144. The Morgan fingerprint density at radius 1 is 1.36 bits per heavy atom. The molecule has 0 bridgehead atoms. The Hall–Kier alpha value is -0.0800. The van der Waals surface area contributed by atoms with Gasteiger partial charge in [0.2, 0.25) is 0 Å². The Labute approximate surface area is 88.4 Å². The second-order valence-electron chi connectivity index (χ2n) is 4.74. The van der Waals surface area contributed by atoms with Crippen molar-refractivity contribution in [2.24, 2.45) is 11.3 Å². The summed E-state index contributed by atoms with van der Waals surface area (Å²) < 4.78 is 5.29. The summed E-state index contributed by atoms with van der Waals surface area (Å²) in [6, 6.07) is 0. The van der Waals surface area contributed by atoms with Crippen LogP contribution < -0.4 is 5.32 Å². The fourth-order valence-electron chi connectivity index (χ4n) is 1.90. The number of hydrogen-bond acceptors (Lipinski definition) is 2. The van der Waals surface area contributed by atoms with E-state index in [1.54, 1.807) is 0 Å². The molecule has 0 aromatic carbocycles. The van der Waals surface area contributed by atoms with E-state index in [2.05, 4.69) is 19.2 Å². The van der Waals surface area contributed by atoms with Crippen LogP contribution in [-0.4, -0.2) is 26.3 Å². The van der Waals surface area contributed by atoms with Gasteiger partial charge in [0.15, 0.2) is 0 Å². The fraction of sp³-hybridized carbons (Fsp3) is 1.00. The Morgan fingerprint density at radius 3 is 2.57 bits per heavy atom. The third-order valence-corrected chi connectivity index (χ3v) is 3.44. The molecule has 2 nitrogen and oxygen atoms in total. The number of hydrogen-bond donors (Lipinski definition) is 1. The average molecular weight is 199 g/mol. The highest BCUT2D eigenvalue weighted by atomic mass is 16.5. The molecule has 1 saturated carbocycles. The van der Waals surface area contributed by atoms with E-state index in [1.165, 1.54) is 19.4 Å². The topological polar surface area (TPSA) is 21.3 Å². The lowest BCUT2D eigenvalue weighted by atomic mass is 9.92. The third kappa shape index (κ3) is 3.58. The van der Waals surface area contributed by atoms with E-state index in [4.69, 9.17) is 4.74 Å². The van der Waals surface area contributed by atoms with E-state index in [0.717, 1.165) is 32.1 Å². The predicted molar refractivity (Wildman–Crippen MR) is 60.5 cm³/mol. The van der Waals surface area contributed by atoms with Gasteiger partial charge in [0.05, 0.1) is 0 Å². The van der Waals surface area contributed by atoms with Crippen LogP contribution in [-0.2, 0) is 4.74 Å². The second-order valence-corrected chi connectivity index (χ2v) is 4.74. The molecule has 0 spiro atoms. The van der Waals surface area contributed by atoms with Crippen LogP contribution in [0.1, 0.15) is 40.0 Å². The summed E-state index contributed by atoms with van der Waals surface area (Å²) in [7, 11) is 0. The van der Waals surface area contributed by atoms with Crippen LogP contribution >= 0.6 is 0 Å². The lowest BCUT2D eigenvalue weighted by Gasteiger charge is -2.19. The van der Waals surface area contributed by atoms with Gasteiger partial charge >= 0.3 is 0 Å². The highest BCUT2D eigenvalue weighted by Crippen LogP contribution is 2.51. The smallest absolute Gasteiger partial charge is 0.0477 e. The van der Waals surface area contributed by atoms with Gasteiger partial charge in [0.25, 0.3) is 0 Å². The quantitative estimate of drug-likeness (QED) is 0.606. The lowest BCUT2D eigenvalue weighted by Crippen LogP contribution is -2.28. The molecule has 0 saturated heterocycles. The van der Waals surface area contributed by atoms with Crippen LogP contribution in [0.4, 0.5) is 0 Å². The summed E-state index contributed by atoms with van der Waals surface area (Å²) in [4.78, 5) is 0. The maximum absolute atomic E-state index is 5.29. The van der Waals surface area contributed by atoms with Crippen molar-refractivity contribution in [1.82, 2.24) is 5.32 Å². The summed E-state index contributed by atoms with van der Waals surface area (Å²) in [5.74, 6) is 0.835. The van der Waals surface area contributed by atoms with Crippen LogP contribution in [0.2, 0.25) is 0 Å². The Morgan fingerprint density at radius 2 is 2.07 bits per heavy atom. The molecule has 0 radical (unpaired) electrons. The van der Waals surface area contributed by atoms with Gasteiger partial charge < -0.3 is 10.1 Å². The summed E-state index contributed by atoms with van der Waals surface area (Å²) in [6.45, 7) is 10.8. The molecule has 0 unspecified atom stereocenters. The molecule has 1 aliphatic carbocycles. The number of rotatable bonds is 8. The van der Waals surface area contributed by atoms with Crippen molar-refractivity contribution in [3.8, 4) is 0 Å². The highest BCUT2D eigenvalue weighted by molar-refractivity contribution is 4.96. The third-order valence-electron chi connectivity index (χ3n) is 3.44. The molecule has 1 rings (SSSR count). The summed E-state index contributed by atoms with van der Waals surface area (Å²) >= 11 is 0. The van der Waals surface area contributed by atoms with Crippen LogP contribution in [0.5, 0.6) is 0 Å². The first kappa shape index (κ1) is 12.0. The van der Waals surface area contributed by atoms with E-state index < -0.39 is 0 Å². The van der Waals surface area contributed by atoms with E-state index in [0.29, 0.717) is 5.41 Å². The molecule has 0 aromatic heterocycles. The first-order valence-electron chi connectivity index (χ1n) is 6.00. The fourth-order valence-corrected chi connectivity index (χ4v) is 1.90. The van der Waals surface area contributed by atoms with E-state index >= 15 is 0 Å². The van der Waals surface area contributed by atoms with Crippen molar-refractivity contribution in [3.05, 3.63) is 0 Å². The molecular formula is C12H25NO. The van der Waals surface area contributed by atoms with Crippen LogP contribution in [0.3, 0.4) is 0 Å². The van der Waals surface area contributed by atoms with Crippen molar-refractivity contribution < 1.29 is 4.74 Å². The van der Waals surface area contributed by atoms with Crippen LogP contribution in [0.15, 0.2) is 0 Å². The van der Waals surface area contributed by atoms with E-state index in [9.17, 15) is 0 Å². The van der Waals surface area contributed by atoms with Crippen LogP contribution in [0, 0.1) is 11.3 Å². The Kier molecular flexibility index (Phi) is 4.90. The van der Waals surface area contributed by atoms with Crippen molar-refractivity contribution in [3.63, 3.8) is 0 Å². The minimum atomic E-state index is 0.644. The van der Waals surface area contributed by atoms with Gasteiger partial charge in [0.1, 0.15) is 0 Å². The molecule has 0 aromatic rings. The first-order chi connectivity index (χ1) is 6.71. The zero-order chi connectivity index (χ0) is 10.4. The molecule has 0 heterocycles. The minimum absolute atomic E-state index is 0.644. The maximum atomic E-state index is 5.29. The molecule has 84 valence electrons. The molecular weight excluding hydrogens is 174 g/mol. The standard InChI is InChI=1S/C12H25NO/c1-4-14-9-5-8-13-10-12(6-7-12)11(2)3/h11,13H,4-10H2,1-3H3. The molecule has 1 fully saturated rings. The number of ether oxygens (including phenoxy) is 1. The van der Waals surface area contributed by atoms with Gasteiger partial charge in [-0.25, -0.2) is 0 Å². The van der Waals surface area contributed by atoms with Gasteiger partial charge in [-0.2, -0.15) is 0 Å². The van der Waals surface area contributed by atoms with Gasteiger partial charge in [0, 0.05) is 19.8 Å². The van der Waals surface area contributed by atoms with Crippen molar-refractivity contribution >= 4 is 0 Å². The monoisotopic (exact) mass is 199 g/mol. The molecule has 1 aliphatic rings. The first-order valence-corrected chi connectivity index (χ1v) is 6.00. The largest absolute Gasteiger partial charge is 0.382 e. The highest BCUT2D eigenvalue weighted by Gasteiger charge is 2.44. The van der Waals surface area contributed by atoms with E-state index in [-0.39, 0.29) is 0 Å². The predicted octanol–water partition coefficient (Wildman–Crippen LogP) is 2.44. The molecule has 14 heavy (non-hydrogen) atoms. The molecule has 0 aliphatic heterocycles. The van der Waals surface area contributed by atoms with E-state index in [1.807, 2.05) is 6.92 Å². The van der Waals surface area contributed by atoms with Gasteiger partial charge in [-0.1, -0.05) is 13.8 Å². The second kappa shape index (κ2) is 5.72. The van der Waals surface area contributed by atoms with Gasteiger partial charge in [-0.05, 0) is 44.1 Å². The average Bonchev–Trinajstić information content (AvgIpc) is 2.92. The Bertz CT molecular complexity index is 152. The molecule has 0 atom stereocenters. The summed E-state index contributed by atoms with van der Waals surface area (Å²) in [6.07, 6.45) is 3.98. The molecule has 2 heteroatoms. The van der Waals surface area contributed by atoms with Gasteiger partial charge in [-0.15, -0.1) is 0 Å². The zero-order valence-electron chi connectivity index (χ0n) is 9.94. The van der Waals surface area contributed by atoms with Crippen LogP contribution in [0.25, 0.3) is 0 Å².